The number of aryl methyl sites for hydroxylation is 1. The van der Waals surface area contributed by atoms with Crippen molar-refractivity contribution in [3.8, 4) is 0 Å². The monoisotopic (exact) mass is 248 g/mol. The van der Waals surface area contributed by atoms with Gasteiger partial charge in [-0.25, -0.2) is 0 Å². The Bertz CT molecular complexity index is 523. The van der Waals surface area contributed by atoms with Crippen LogP contribution in [0.5, 0.6) is 0 Å². The van der Waals surface area contributed by atoms with Crippen molar-refractivity contribution in [3.63, 3.8) is 0 Å². The van der Waals surface area contributed by atoms with Gasteiger partial charge in [0.1, 0.15) is 0 Å². The summed E-state index contributed by atoms with van der Waals surface area (Å²) in [6.45, 7) is 2.43. The van der Waals surface area contributed by atoms with E-state index in [1.54, 1.807) is 30.4 Å². The Morgan fingerprint density at radius 2 is 2.24 bits per heavy atom. The number of hydrogen-bond acceptors (Lipinski definition) is 4. The van der Waals surface area contributed by atoms with Gasteiger partial charge in [0.2, 0.25) is 0 Å². The van der Waals surface area contributed by atoms with Crippen LogP contribution >= 0.6 is 11.3 Å². The van der Waals surface area contributed by atoms with Crippen molar-refractivity contribution in [1.29, 1.82) is 0 Å². The molecule has 1 N–H and O–H groups in total. The first kappa shape index (κ1) is 11.6. The normalized spacial score (nSPS) is 10.2. The molecule has 1 heterocycles. The van der Waals surface area contributed by atoms with E-state index in [0.29, 0.717) is 12.1 Å². The summed E-state index contributed by atoms with van der Waals surface area (Å²) in [5.41, 5.74) is 1.61. The van der Waals surface area contributed by atoms with Crippen LogP contribution in [0, 0.1) is 17.0 Å². The van der Waals surface area contributed by atoms with Gasteiger partial charge < -0.3 is 5.32 Å². The van der Waals surface area contributed by atoms with Gasteiger partial charge >= 0.3 is 0 Å². The van der Waals surface area contributed by atoms with E-state index in [-0.39, 0.29) is 10.6 Å². The van der Waals surface area contributed by atoms with Crippen LogP contribution in [0.4, 0.5) is 11.4 Å². The number of nitro benzene ring substituents is 1. The van der Waals surface area contributed by atoms with Gasteiger partial charge in [-0.3, -0.25) is 10.1 Å². The average molecular weight is 248 g/mol. The summed E-state index contributed by atoms with van der Waals surface area (Å²) < 4.78 is 0. The Balaban J connectivity index is 2.11. The fourth-order valence-electron chi connectivity index (χ4n) is 1.52. The molecule has 0 fully saturated rings. The van der Waals surface area contributed by atoms with Gasteiger partial charge in [0, 0.05) is 28.7 Å². The quantitative estimate of drug-likeness (QED) is 0.664. The van der Waals surface area contributed by atoms with Crippen molar-refractivity contribution in [2.24, 2.45) is 0 Å². The lowest BCUT2D eigenvalue weighted by Crippen LogP contribution is -1.99. The Kier molecular flexibility index (Phi) is 3.39. The molecule has 0 saturated carbocycles. The number of thiophene rings is 1. The summed E-state index contributed by atoms with van der Waals surface area (Å²) in [5.74, 6) is 0. The number of rotatable bonds is 4. The molecule has 0 unspecified atom stereocenters. The van der Waals surface area contributed by atoms with Gasteiger partial charge in [0.15, 0.2) is 0 Å². The third-order valence-corrected chi connectivity index (χ3v) is 3.33. The van der Waals surface area contributed by atoms with Crippen molar-refractivity contribution in [3.05, 3.63) is 56.3 Å². The average Bonchev–Trinajstić information content (AvgIpc) is 2.80. The lowest BCUT2D eigenvalue weighted by molar-refractivity contribution is -0.385. The van der Waals surface area contributed by atoms with Crippen LogP contribution in [-0.4, -0.2) is 4.92 Å². The van der Waals surface area contributed by atoms with Crippen LogP contribution in [-0.2, 0) is 6.54 Å². The minimum absolute atomic E-state index is 0.154. The highest BCUT2D eigenvalue weighted by molar-refractivity contribution is 7.09. The molecule has 4 nitrogen and oxygen atoms in total. The zero-order chi connectivity index (χ0) is 12.3. The van der Waals surface area contributed by atoms with E-state index >= 15 is 0 Å². The smallest absolute Gasteiger partial charge is 0.274 e. The molecule has 17 heavy (non-hydrogen) atoms. The number of nitrogens with one attached hydrogen (secondary N) is 1. The molecule has 0 bridgehead atoms. The molecule has 1 aromatic carbocycles. The summed E-state index contributed by atoms with van der Waals surface area (Å²) in [4.78, 5) is 11.6. The summed E-state index contributed by atoms with van der Waals surface area (Å²) in [6, 6.07) is 9.20. The van der Waals surface area contributed by atoms with Crippen molar-refractivity contribution < 1.29 is 4.92 Å². The second-order valence-corrected chi connectivity index (χ2v) is 4.72. The van der Waals surface area contributed by atoms with Gasteiger partial charge in [-0.15, -0.1) is 11.3 Å². The zero-order valence-electron chi connectivity index (χ0n) is 9.34. The first-order valence-electron chi connectivity index (χ1n) is 5.18. The molecular weight excluding hydrogens is 236 g/mol. The highest BCUT2D eigenvalue weighted by Crippen LogP contribution is 2.23. The molecule has 0 radical (unpaired) electrons. The Morgan fingerprint density at radius 3 is 2.88 bits per heavy atom. The maximum Gasteiger partial charge on any atom is 0.274 e. The molecule has 1 aromatic heterocycles. The van der Waals surface area contributed by atoms with Crippen LogP contribution in [0.25, 0.3) is 0 Å². The number of nitro groups is 1. The molecule has 0 aliphatic heterocycles. The minimum Gasteiger partial charge on any atom is -0.380 e. The van der Waals surface area contributed by atoms with Crippen LogP contribution in [0.2, 0.25) is 0 Å². The highest BCUT2D eigenvalue weighted by atomic mass is 32.1. The van der Waals surface area contributed by atoms with Crippen molar-refractivity contribution in [2.45, 2.75) is 13.5 Å². The van der Waals surface area contributed by atoms with Gasteiger partial charge in [-0.2, -0.15) is 0 Å². The largest absolute Gasteiger partial charge is 0.380 e. The van der Waals surface area contributed by atoms with Gasteiger partial charge in [0.25, 0.3) is 5.69 Å². The van der Waals surface area contributed by atoms with Crippen molar-refractivity contribution in [1.82, 2.24) is 0 Å². The topological polar surface area (TPSA) is 55.2 Å². The summed E-state index contributed by atoms with van der Waals surface area (Å²) in [7, 11) is 0. The second kappa shape index (κ2) is 4.97. The number of anilines is 1. The molecule has 0 aliphatic rings. The summed E-state index contributed by atoms with van der Waals surface area (Å²) in [6.07, 6.45) is 0. The molecule has 2 aromatic rings. The van der Waals surface area contributed by atoms with E-state index in [9.17, 15) is 10.1 Å². The number of benzene rings is 1. The van der Waals surface area contributed by atoms with Crippen molar-refractivity contribution >= 4 is 22.7 Å². The van der Waals surface area contributed by atoms with Gasteiger partial charge in [-0.05, 0) is 24.4 Å². The standard InChI is InChI=1S/C12H12N2O2S/c1-9-4-5-10(7-12(9)14(15)16)13-8-11-3-2-6-17-11/h2-7,13H,8H2,1H3. The van der Waals surface area contributed by atoms with E-state index in [2.05, 4.69) is 5.32 Å². The molecule has 0 spiro atoms. The van der Waals surface area contributed by atoms with Gasteiger partial charge in [0.05, 0.1) is 4.92 Å². The van der Waals surface area contributed by atoms with Crippen LogP contribution in [0.3, 0.4) is 0 Å². The first-order valence-corrected chi connectivity index (χ1v) is 6.06. The predicted octanol–water partition coefficient (Wildman–Crippen LogP) is 3.58. The third-order valence-electron chi connectivity index (χ3n) is 2.45. The van der Waals surface area contributed by atoms with E-state index in [0.717, 1.165) is 5.69 Å². The molecule has 0 aliphatic carbocycles. The lowest BCUT2D eigenvalue weighted by atomic mass is 10.2. The summed E-state index contributed by atoms with van der Waals surface area (Å²) in [5, 5.41) is 16.0. The van der Waals surface area contributed by atoms with Gasteiger partial charge in [-0.1, -0.05) is 12.1 Å². The highest BCUT2D eigenvalue weighted by Gasteiger charge is 2.10. The van der Waals surface area contributed by atoms with Crippen LogP contribution in [0.1, 0.15) is 10.4 Å². The second-order valence-electron chi connectivity index (χ2n) is 3.69. The SMILES string of the molecule is Cc1ccc(NCc2cccs2)cc1[N+](=O)[O-]. The molecule has 0 amide bonds. The minimum atomic E-state index is -0.356. The van der Waals surface area contributed by atoms with Crippen LogP contribution < -0.4 is 5.32 Å². The van der Waals surface area contributed by atoms with E-state index in [1.807, 2.05) is 23.6 Å². The molecule has 0 saturated heterocycles. The van der Waals surface area contributed by atoms with E-state index < -0.39 is 0 Å². The maximum absolute atomic E-state index is 10.8. The Morgan fingerprint density at radius 1 is 1.41 bits per heavy atom. The predicted molar refractivity (Wildman–Crippen MR) is 69.5 cm³/mol. The number of nitrogens with zero attached hydrogens (tertiary/aromatic N) is 1. The molecule has 88 valence electrons. The van der Waals surface area contributed by atoms with E-state index in [1.165, 1.54) is 4.88 Å². The van der Waals surface area contributed by atoms with E-state index in [4.69, 9.17) is 0 Å². The molecule has 0 atom stereocenters. The van der Waals surface area contributed by atoms with Crippen molar-refractivity contribution in [2.75, 3.05) is 5.32 Å². The lowest BCUT2D eigenvalue weighted by Gasteiger charge is -2.05. The molecule has 5 heteroatoms. The molecule has 2 rings (SSSR count). The van der Waals surface area contributed by atoms with Crippen LogP contribution in [0.15, 0.2) is 35.7 Å². The zero-order valence-corrected chi connectivity index (χ0v) is 10.2. The summed E-state index contributed by atoms with van der Waals surface area (Å²) >= 11 is 1.66. The number of hydrogen-bond donors (Lipinski definition) is 1. The first-order chi connectivity index (χ1) is 8.16. The third kappa shape index (κ3) is 2.82. The molecular formula is C12H12N2O2S. The Labute approximate surface area is 103 Å². The fourth-order valence-corrected chi connectivity index (χ4v) is 2.16. The maximum atomic E-state index is 10.8. The Hall–Kier alpha value is -1.88. The fraction of sp³-hybridized carbons (Fsp3) is 0.167.